The van der Waals surface area contributed by atoms with Crippen molar-refractivity contribution in [1.82, 2.24) is 4.90 Å². The molecule has 0 aliphatic carbocycles. The number of hydrogen-bond donors (Lipinski definition) is 0. The van der Waals surface area contributed by atoms with Crippen molar-refractivity contribution < 1.29 is 9.59 Å². The number of likely N-dealkylation sites (N-methyl/N-ethyl adjacent to an activating group) is 2. The van der Waals surface area contributed by atoms with E-state index in [1.165, 1.54) is 0 Å². The number of rotatable bonds is 5. The molecule has 0 fully saturated rings. The molecule has 98 valence electrons. The number of benzene rings is 1. The molecule has 0 aromatic heterocycles. The van der Waals surface area contributed by atoms with Gasteiger partial charge in [-0.3, -0.25) is 9.59 Å². The predicted molar refractivity (Wildman–Crippen MR) is 73.1 cm³/mol. The van der Waals surface area contributed by atoms with Gasteiger partial charge in [-0.1, -0.05) is 11.6 Å². The second kappa shape index (κ2) is 6.19. The summed E-state index contributed by atoms with van der Waals surface area (Å²) in [7, 11) is 3.46. The Labute approximate surface area is 108 Å². The van der Waals surface area contributed by atoms with Crippen LogP contribution in [0.1, 0.15) is 22.8 Å². The summed E-state index contributed by atoms with van der Waals surface area (Å²) in [6, 6.07) is 5.68. The van der Waals surface area contributed by atoms with Crippen LogP contribution in [-0.2, 0) is 4.79 Å². The normalized spacial score (nSPS) is 10.0. The molecular weight excluding hydrogens is 228 g/mol. The molecule has 0 N–H and O–H groups in total. The number of carbonyl (C=O) groups excluding carboxylic acids is 2. The van der Waals surface area contributed by atoms with Gasteiger partial charge in [-0.25, -0.2) is 0 Å². The van der Waals surface area contributed by atoms with Gasteiger partial charge >= 0.3 is 0 Å². The van der Waals surface area contributed by atoms with Crippen molar-refractivity contribution in [3.8, 4) is 0 Å². The summed E-state index contributed by atoms with van der Waals surface area (Å²) in [5.74, 6) is 0.0225. The van der Waals surface area contributed by atoms with Crippen LogP contribution in [0.2, 0.25) is 0 Å². The maximum Gasteiger partial charge on any atom is 0.241 e. The van der Waals surface area contributed by atoms with Crippen molar-refractivity contribution in [3.63, 3.8) is 0 Å². The largest absolute Gasteiger partial charge is 0.362 e. The van der Waals surface area contributed by atoms with Crippen LogP contribution in [0.25, 0.3) is 0 Å². The van der Waals surface area contributed by atoms with Crippen LogP contribution in [0.3, 0.4) is 0 Å². The SMILES string of the molecule is CCN(CC(=O)N(C)C)c1ccc(C)cc1C=O. The van der Waals surface area contributed by atoms with Crippen molar-refractivity contribution in [2.45, 2.75) is 13.8 Å². The lowest BCUT2D eigenvalue weighted by molar-refractivity contribution is -0.127. The number of aldehydes is 1. The predicted octanol–water partition coefficient (Wildman–Crippen LogP) is 1.72. The molecule has 0 aliphatic heterocycles. The summed E-state index contributed by atoms with van der Waals surface area (Å²) in [6.45, 7) is 4.88. The molecule has 0 spiro atoms. The minimum atomic E-state index is 0.0225. The number of anilines is 1. The van der Waals surface area contributed by atoms with Gasteiger partial charge in [0, 0.05) is 31.9 Å². The molecule has 0 radical (unpaired) electrons. The van der Waals surface area contributed by atoms with E-state index in [4.69, 9.17) is 0 Å². The Kier molecular flexibility index (Phi) is 4.89. The van der Waals surface area contributed by atoms with Gasteiger partial charge < -0.3 is 9.80 Å². The third kappa shape index (κ3) is 3.32. The monoisotopic (exact) mass is 248 g/mol. The zero-order valence-corrected chi connectivity index (χ0v) is 11.4. The van der Waals surface area contributed by atoms with E-state index in [9.17, 15) is 9.59 Å². The zero-order chi connectivity index (χ0) is 13.7. The summed E-state index contributed by atoms with van der Waals surface area (Å²) in [6.07, 6.45) is 0.838. The molecule has 0 aliphatic rings. The molecule has 1 rings (SSSR count). The van der Waals surface area contributed by atoms with E-state index >= 15 is 0 Å². The fraction of sp³-hybridized carbons (Fsp3) is 0.429. The Bertz CT molecular complexity index is 441. The first-order valence-electron chi connectivity index (χ1n) is 6.00. The molecule has 0 bridgehead atoms. The Balaban J connectivity index is 3.01. The standard InChI is InChI=1S/C14H20N2O2/c1-5-16(9-14(18)15(3)4)13-7-6-11(2)8-12(13)10-17/h6-8,10H,5,9H2,1-4H3. The van der Waals surface area contributed by atoms with Crippen molar-refractivity contribution >= 4 is 17.9 Å². The lowest BCUT2D eigenvalue weighted by Crippen LogP contribution is -2.37. The highest BCUT2D eigenvalue weighted by Crippen LogP contribution is 2.20. The molecule has 4 heteroatoms. The molecular formula is C14H20N2O2. The first-order valence-corrected chi connectivity index (χ1v) is 6.00. The summed E-state index contributed by atoms with van der Waals surface area (Å²) in [5.41, 5.74) is 2.48. The van der Waals surface area contributed by atoms with Gasteiger partial charge in [0.1, 0.15) is 0 Å². The van der Waals surface area contributed by atoms with Crippen molar-refractivity contribution in [2.24, 2.45) is 0 Å². The highest BCUT2D eigenvalue weighted by Gasteiger charge is 2.14. The fourth-order valence-electron chi connectivity index (χ4n) is 1.73. The third-order valence-corrected chi connectivity index (χ3v) is 2.86. The average molecular weight is 248 g/mol. The fourth-order valence-corrected chi connectivity index (χ4v) is 1.73. The Morgan fingerprint density at radius 1 is 1.33 bits per heavy atom. The zero-order valence-electron chi connectivity index (χ0n) is 11.4. The maximum absolute atomic E-state index is 11.7. The number of carbonyl (C=O) groups is 2. The number of nitrogens with zero attached hydrogens (tertiary/aromatic N) is 2. The lowest BCUT2D eigenvalue weighted by atomic mass is 10.1. The van der Waals surface area contributed by atoms with Crippen molar-refractivity contribution in [2.75, 3.05) is 32.1 Å². The minimum Gasteiger partial charge on any atom is -0.362 e. The smallest absolute Gasteiger partial charge is 0.241 e. The van der Waals surface area contributed by atoms with E-state index < -0.39 is 0 Å². The molecule has 18 heavy (non-hydrogen) atoms. The minimum absolute atomic E-state index is 0.0225. The van der Waals surface area contributed by atoms with Crippen LogP contribution in [0.15, 0.2) is 18.2 Å². The van der Waals surface area contributed by atoms with Gasteiger partial charge in [-0.2, -0.15) is 0 Å². The van der Waals surface area contributed by atoms with Gasteiger partial charge in [-0.05, 0) is 26.0 Å². The van der Waals surface area contributed by atoms with Crippen LogP contribution in [0.5, 0.6) is 0 Å². The summed E-state index contributed by atoms with van der Waals surface area (Å²) >= 11 is 0. The second-order valence-electron chi connectivity index (χ2n) is 4.48. The topological polar surface area (TPSA) is 40.6 Å². The van der Waals surface area contributed by atoms with Crippen LogP contribution in [0, 0.1) is 6.92 Å². The molecule has 0 saturated heterocycles. The lowest BCUT2D eigenvalue weighted by Gasteiger charge is -2.25. The van der Waals surface area contributed by atoms with E-state index in [0.29, 0.717) is 12.1 Å². The highest BCUT2D eigenvalue weighted by atomic mass is 16.2. The first-order chi connectivity index (χ1) is 8.49. The molecule has 1 aromatic rings. The van der Waals surface area contributed by atoms with Gasteiger partial charge in [0.2, 0.25) is 5.91 Å². The molecule has 0 saturated carbocycles. The van der Waals surface area contributed by atoms with Crippen LogP contribution < -0.4 is 4.90 Å². The van der Waals surface area contributed by atoms with Crippen LogP contribution in [0.4, 0.5) is 5.69 Å². The van der Waals surface area contributed by atoms with E-state index in [0.717, 1.165) is 17.5 Å². The molecule has 0 unspecified atom stereocenters. The van der Waals surface area contributed by atoms with E-state index in [1.54, 1.807) is 19.0 Å². The van der Waals surface area contributed by atoms with E-state index in [2.05, 4.69) is 0 Å². The molecule has 0 heterocycles. The van der Waals surface area contributed by atoms with Gasteiger partial charge in [-0.15, -0.1) is 0 Å². The quantitative estimate of drug-likeness (QED) is 0.745. The molecule has 0 atom stereocenters. The highest BCUT2D eigenvalue weighted by molar-refractivity contribution is 5.88. The van der Waals surface area contributed by atoms with Gasteiger partial charge in [0.15, 0.2) is 6.29 Å². The van der Waals surface area contributed by atoms with E-state index in [-0.39, 0.29) is 12.5 Å². The summed E-state index contributed by atoms with van der Waals surface area (Å²) in [5, 5.41) is 0. The van der Waals surface area contributed by atoms with Crippen molar-refractivity contribution in [3.05, 3.63) is 29.3 Å². The Morgan fingerprint density at radius 2 is 2.00 bits per heavy atom. The number of amides is 1. The Morgan fingerprint density at radius 3 is 2.50 bits per heavy atom. The van der Waals surface area contributed by atoms with Gasteiger partial charge in [0.25, 0.3) is 0 Å². The maximum atomic E-state index is 11.7. The first kappa shape index (κ1) is 14.2. The summed E-state index contributed by atoms with van der Waals surface area (Å²) < 4.78 is 0. The second-order valence-corrected chi connectivity index (χ2v) is 4.48. The van der Waals surface area contributed by atoms with Gasteiger partial charge in [0.05, 0.1) is 6.54 Å². The van der Waals surface area contributed by atoms with Crippen LogP contribution >= 0.6 is 0 Å². The molecule has 4 nitrogen and oxygen atoms in total. The van der Waals surface area contributed by atoms with E-state index in [1.807, 2.05) is 36.9 Å². The average Bonchev–Trinajstić information content (AvgIpc) is 2.35. The van der Waals surface area contributed by atoms with Crippen molar-refractivity contribution in [1.29, 1.82) is 0 Å². The Hall–Kier alpha value is -1.84. The van der Waals surface area contributed by atoms with Crippen LogP contribution in [-0.4, -0.2) is 44.3 Å². The third-order valence-electron chi connectivity index (χ3n) is 2.86. The summed E-state index contributed by atoms with van der Waals surface area (Å²) in [4.78, 5) is 26.3. The molecule has 1 amide bonds. The molecule has 1 aromatic carbocycles. The number of hydrogen-bond acceptors (Lipinski definition) is 3. The number of aryl methyl sites for hydroxylation is 1.